The average Bonchev–Trinajstić information content (AvgIpc) is 3.23. The van der Waals surface area contributed by atoms with Gasteiger partial charge in [0.1, 0.15) is 11.5 Å². The van der Waals surface area contributed by atoms with Crippen LogP contribution in [0.5, 0.6) is 11.5 Å². The summed E-state index contributed by atoms with van der Waals surface area (Å²) in [6.07, 6.45) is 0.0351. The van der Waals surface area contributed by atoms with E-state index in [1.54, 1.807) is 23.1 Å². The molecule has 2 amide bonds. The third-order valence-electron chi connectivity index (χ3n) is 5.54. The van der Waals surface area contributed by atoms with E-state index in [1.165, 1.54) is 14.2 Å². The van der Waals surface area contributed by atoms with E-state index in [9.17, 15) is 14.4 Å². The largest absolute Gasteiger partial charge is 0.497 e. The van der Waals surface area contributed by atoms with E-state index >= 15 is 0 Å². The molecule has 0 spiro atoms. The van der Waals surface area contributed by atoms with E-state index < -0.39 is 24.4 Å². The summed E-state index contributed by atoms with van der Waals surface area (Å²) in [6, 6.07) is 18.5. The summed E-state index contributed by atoms with van der Waals surface area (Å²) in [7, 11) is 3.00. The highest BCUT2D eigenvalue weighted by Crippen LogP contribution is 2.32. The Morgan fingerprint density at radius 2 is 1.82 bits per heavy atom. The molecule has 0 aromatic heterocycles. The molecule has 0 saturated carbocycles. The summed E-state index contributed by atoms with van der Waals surface area (Å²) in [6.45, 7) is -0.269. The number of ether oxygens (including phenoxy) is 3. The number of methoxy groups -OCH3 is 2. The number of hydrogen-bond donors (Lipinski definition) is 1. The minimum atomic E-state index is -0.643. The van der Waals surface area contributed by atoms with Gasteiger partial charge < -0.3 is 24.4 Å². The van der Waals surface area contributed by atoms with Gasteiger partial charge in [-0.1, -0.05) is 36.4 Å². The van der Waals surface area contributed by atoms with E-state index in [0.29, 0.717) is 17.2 Å². The first-order chi connectivity index (χ1) is 16.0. The van der Waals surface area contributed by atoms with Crippen LogP contribution in [-0.4, -0.2) is 45.2 Å². The van der Waals surface area contributed by atoms with E-state index in [2.05, 4.69) is 5.32 Å². The second-order valence-corrected chi connectivity index (χ2v) is 7.63. The highest BCUT2D eigenvalue weighted by molar-refractivity contribution is 6.06. The van der Waals surface area contributed by atoms with Crippen LogP contribution >= 0.6 is 0 Å². The zero-order valence-electron chi connectivity index (χ0n) is 18.4. The molecule has 1 saturated heterocycles. The van der Waals surface area contributed by atoms with Gasteiger partial charge in [-0.05, 0) is 23.6 Å². The minimum absolute atomic E-state index is 0.0351. The van der Waals surface area contributed by atoms with Gasteiger partial charge in [-0.3, -0.25) is 14.4 Å². The molecule has 1 aliphatic heterocycles. The number of fused-ring (bicyclic) bond motifs is 1. The lowest BCUT2D eigenvalue weighted by atomic mass is 10.1. The Labute approximate surface area is 191 Å². The van der Waals surface area contributed by atoms with Gasteiger partial charge in [-0.15, -0.1) is 0 Å². The SMILES string of the molecule is COc1ccc(OC)c(NC(=O)COC(=O)[C@@H]2CC(=O)N(c3cccc4ccccc34)C2)c1. The molecule has 1 aliphatic rings. The Morgan fingerprint density at radius 3 is 2.61 bits per heavy atom. The van der Waals surface area contributed by atoms with Crippen LogP contribution in [0.2, 0.25) is 0 Å². The number of esters is 1. The second-order valence-electron chi connectivity index (χ2n) is 7.63. The topological polar surface area (TPSA) is 94.2 Å². The van der Waals surface area contributed by atoms with Gasteiger partial charge in [0.2, 0.25) is 5.91 Å². The van der Waals surface area contributed by atoms with Crippen LogP contribution in [0, 0.1) is 5.92 Å². The predicted molar refractivity (Wildman–Crippen MR) is 124 cm³/mol. The van der Waals surface area contributed by atoms with Crippen molar-refractivity contribution in [2.75, 3.05) is 37.6 Å². The summed E-state index contributed by atoms with van der Waals surface area (Å²) in [4.78, 5) is 39.2. The maximum absolute atomic E-state index is 12.7. The number of benzene rings is 3. The Balaban J connectivity index is 1.38. The van der Waals surface area contributed by atoms with Gasteiger partial charge in [0, 0.05) is 24.4 Å². The molecule has 1 N–H and O–H groups in total. The Kier molecular flexibility index (Phi) is 6.44. The van der Waals surface area contributed by atoms with Crippen molar-refractivity contribution in [3.8, 4) is 11.5 Å². The van der Waals surface area contributed by atoms with Crippen LogP contribution in [0.15, 0.2) is 60.7 Å². The number of amides is 2. The molecule has 8 heteroatoms. The molecule has 0 aliphatic carbocycles. The molecule has 8 nitrogen and oxygen atoms in total. The fourth-order valence-corrected chi connectivity index (χ4v) is 3.89. The first kappa shape index (κ1) is 22.1. The highest BCUT2D eigenvalue weighted by Gasteiger charge is 2.37. The first-order valence-electron chi connectivity index (χ1n) is 10.5. The van der Waals surface area contributed by atoms with Crippen LogP contribution in [0.1, 0.15) is 6.42 Å². The van der Waals surface area contributed by atoms with Crippen LogP contribution in [0.3, 0.4) is 0 Å². The third-order valence-corrected chi connectivity index (χ3v) is 5.54. The fraction of sp³-hybridized carbons (Fsp3) is 0.240. The van der Waals surface area contributed by atoms with Crippen LogP contribution in [-0.2, 0) is 19.1 Å². The Bertz CT molecular complexity index is 1200. The number of carbonyl (C=O) groups excluding carboxylic acids is 3. The Morgan fingerprint density at radius 1 is 1.03 bits per heavy atom. The van der Waals surface area contributed by atoms with Crippen molar-refractivity contribution in [3.63, 3.8) is 0 Å². The zero-order chi connectivity index (χ0) is 23.4. The summed E-state index contributed by atoms with van der Waals surface area (Å²) >= 11 is 0. The van der Waals surface area contributed by atoms with Gasteiger partial charge in [0.15, 0.2) is 6.61 Å². The molecular weight excluding hydrogens is 424 g/mol. The lowest BCUT2D eigenvalue weighted by Gasteiger charge is -2.19. The molecule has 33 heavy (non-hydrogen) atoms. The molecule has 0 radical (unpaired) electrons. The summed E-state index contributed by atoms with van der Waals surface area (Å²) in [5.74, 6) is -0.915. The van der Waals surface area contributed by atoms with Crippen molar-refractivity contribution in [2.24, 2.45) is 5.92 Å². The van der Waals surface area contributed by atoms with Crippen molar-refractivity contribution >= 4 is 39.9 Å². The lowest BCUT2D eigenvalue weighted by molar-refractivity contribution is -0.151. The standard InChI is InChI=1S/C25H24N2O6/c1-31-18-10-11-22(32-2)20(13-18)26-23(28)15-33-25(30)17-12-24(29)27(14-17)21-9-5-7-16-6-3-4-8-19(16)21/h3-11,13,17H,12,14-15H2,1-2H3,(H,26,28)/t17-/m1/s1. The maximum atomic E-state index is 12.7. The Hall–Kier alpha value is -4.07. The number of nitrogens with one attached hydrogen (secondary N) is 1. The number of nitrogens with zero attached hydrogens (tertiary/aromatic N) is 1. The van der Waals surface area contributed by atoms with Crippen molar-refractivity contribution in [1.29, 1.82) is 0 Å². The van der Waals surface area contributed by atoms with Crippen molar-refractivity contribution in [2.45, 2.75) is 6.42 Å². The first-order valence-corrected chi connectivity index (χ1v) is 10.5. The summed E-state index contributed by atoms with van der Waals surface area (Å²) in [5.41, 5.74) is 1.16. The van der Waals surface area contributed by atoms with E-state index in [1.807, 2.05) is 42.5 Å². The maximum Gasteiger partial charge on any atom is 0.311 e. The van der Waals surface area contributed by atoms with Crippen molar-refractivity contribution in [3.05, 3.63) is 60.7 Å². The van der Waals surface area contributed by atoms with Gasteiger partial charge in [0.25, 0.3) is 5.91 Å². The summed E-state index contributed by atoms with van der Waals surface area (Å²) < 4.78 is 15.6. The van der Waals surface area contributed by atoms with Crippen LogP contribution in [0.25, 0.3) is 10.8 Å². The average molecular weight is 448 g/mol. The molecule has 170 valence electrons. The molecule has 0 bridgehead atoms. The van der Waals surface area contributed by atoms with E-state index in [4.69, 9.17) is 14.2 Å². The minimum Gasteiger partial charge on any atom is -0.497 e. The quantitative estimate of drug-likeness (QED) is 0.557. The number of carbonyl (C=O) groups is 3. The van der Waals surface area contributed by atoms with Gasteiger partial charge >= 0.3 is 5.97 Å². The molecule has 1 fully saturated rings. The van der Waals surface area contributed by atoms with E-state index in [0.717, 1.165) is 16.5 Å². The second kappa shape index (κ2) is 9.60. The van der Waals surface area contributed by atoms with Gasteiger partial charge in [-0.25, -0.2) is 0 Å². The molecule has 1 atom stereocenters. The smallest absolute Gasteiger partial charge is 0.311 e. The molecule has 4 rings (SSSR count). The third kappa shape index (κ3) is 4.74. The van der Waals surface area contributed by atoms with Crippen molar-refractivity contribution < 1.29 is 28.6 Å². The molecule has 3 aromatic rings. The monoisotopic (exact) mass is 448 g/mol. The van der Waals surface area contributed by atoms with E-state index in [-0.39, 0.29) is 18.9 Å². The highest BCUT2D eigenvalue weighted by atomic mass is 16.5. The summed E-state index contributed by atoms with van der Waals surface area (Å²) in [5, 5.41) is 4.60. The van der Waals surface area contributed by atoms with Crippen molar-refractivity contribution in [1.82, 2.24) is 0 Å². The molecular formula is C25H24N2O6. The molecule has 1 heterocycles. The van der Waals surface area contributed by atoms with Gasteiger partial charge in [0.05, 0.1) is 31.5 Å². The number of anilines is 2. The molecule has 3 aromatic carbocycles. The zero-order valence-corrected chi connectivity index (χ0v) is 18.4. The number of rotatable bonds is 7. The lowest BCUT2D eigenvalue weighted by Crippen LogP contribution is -2.28. The number of hydrogen-bond acceptors (Lipinski definition) is 6. The van der Waals surface area contributed by atoms with Crippen LogP contribution in [0.4, 0.5) is 11.4 Å². The normalized spacial score (nSPS) is 15.4. The fourth-order valence-electron chi connectivity index (χ4n) is 3.89. The van der Waals surface area contributed by atoms with Crippen LogP contribution < -0.4 is 19.7 Å². The molecule has 0 unspecified atom stereocenters. The predicted octanol–water partition coefficient (Wildman–Crippen LogP) is 3.39. The van der Waals surface area contributed by atoms with Gasteiger partial charge in [-0.2, -0.15) is 0 Å².